The number of halogens is 2. The zero-order valence-corrected chi connectivity index (χ0v) is 9.54. The Morgan fingerprint density at radius 3 is 2.82 bits per heavy atom. The van der Waals surface area contributed by atoms with E-state index < -0.39 is 11.1 Å². The van der Waals surface area contributed by atoms with Gasteiger partial charge >= 0.3 is 0 Å². The Labute approximate surface area is 102 Å². The standard InChI is InChI=1S/C11H9ClFNO3/c12-11(16)7-1-2-9(8(13)5-7)14-3-4-17-6-10(14)15/h1-2,5H,3-4,6H2. The first-order valence-electron chi connectivity index (χ1n) is 4.97. The lowest BCUT2D eigenvalue weighted by atomic mass is 10.2. The van der Waals surface area contributed by atoms with Gasteiger partial charge in [-0.05, 0) is 29.8 Å². The quantitative estimate of drug-likeness (QED) is 0.756. The molecule has 17 heavy (non-hydrogen) atoms. The second kappa shape index (κ2) is 4.81. The summed E-state index contributed by atoms with van der Waals surface area (Å²) in [7, 11) is 0. The van der Waals surface area contributed by atoms with E-state index in [4.69, 9.17) is 16.3 Å². The van der Waals surface area contributed by atoms with Crippen molar-refractivity contribution < 1.29 is 18.7 Å². The van der Waals surface area contributed by atoms with E-state index in [2.05, 4.69) is 0 Å². The number of hydrogen-bond donors (Lipinski definition) is 0. The number of morpholine rings is 1. The normalized spacial score (nSPS) is 16.1. The Kier molecular flexibility index (Phi) is 3.40. The molecule has 1 aliphatic rings. The fraction of sp³-hybridized carbons (Fsp3) is 0.273. The molecule has 4 nitrogen and oxygen atoms in total. The molecule has 0 radical (unpaired) electrons. The van der Waals surface area contributed by atoms with Gasteiger partial charge in [0.15, 0.2) is 0 Å². The van der Waals surface area contributed by atoms with E-state index in [9.17, 15) is 14.0 Å². The summed E-state index contributed by atoms with van der Waals surface area (Å²) in [5.41, 5.74) is 0.202. The van der Waals surface area contributed by atoms with Crippen LogP contribution in [0.15, 0.2) is 18.2 Å². The smallest absolute Gasteiger partial charge is 0.253 e. The van der Waals surface area contributed by atoms with Crippen molar-refractivity contribution in [3.63, 3.8) is 0 Å². The molecule has 1 saturated heterocycles. The Bertz CT molecular complexity index is 478. The summed E-state index contributed by atoms with van der Waals surface area (Å²) in [5.74, 6) is -0.952. The molecule has 0 bridgehead atoms. The SMILES string of the molecule is O=C(Cl)c1ccc(N2CCOCC2=O)c(F)c1. The van der Waals surface area contributed by atoms with Crippen molar-refractivity contribution in [2.75, 3.05) is 24.7 Å². The molecule has 0 unspecified atom stereocenters. The van der Waals surface area contributed by atoms with Crippen molar-refractivity contribution in [3.05, 3.63) is 29.6 Å². The number of hydrogen-bond acceptors (Lipinski definition) is 3. The monoisotopic (exact) mass is 257 g/mol. The summed E-state index contributed by atoms with van der Waals surface area (Å²) in [4.78, 5) is 23.6. The third-order valence-corrected chi connectivity index (χ3v) is 2.67. The molecule has 0 N–H and O–H groups in total. The van der Waals surface area contributed by atoms with Gasteiger partial charge in [0.25, 0.3) is 11.1 Å². The molecule has 1 amide bonds. The summed E-state index contributed by atoms with van der Waals surface area (Å²) in [5, 5.41) is -0.733. The number of amides is 1. The van der Waals surface area contributed by atoms with E-state index in [-0.39, 0.29) is 23.8 Å². The summed E-state index contributed by atoms with van der Waals surface area (Å²) in [6.45, 7) is 0.598. The van der Waals surface area contributed by atoms with Gasteiger partial charge in [-0.15, -0.1) is 0 Å². The molecule has 0 aromatic heterocycles. The van der Waals surface area contributed by atoms with Gasteiger partial charge in [-0.1, -0.05) is 0 Å². The highest BCUT2D eigenvalue weighted by atomic mass is 35.5. The molecule has 1 aromatic rings. The number of rotatable bonds is 2. The van der Waals surface area contributed by atoms with Gasteiger partial charge in [0.2, 0.25) is 0 Å². The van der Waals surface area contributed by atoms with Crippen molar-refractivity contribution in [1.82, 2.24) is 0 Å². The molecule has 90 valence electrons. The fourth-order valence-electron chi connectivity index (χ4n) is 1.62. The summed E-state index contributed by atoms with van der Waals surface area (Å²) < 4.78 is 18.7. The van der Waals surface area contributed by atoms with E-state index in [1.807, 2.05) is 0 Å². The Balaban J connectivity index is 2.32. The summed E-state index contributed by atoms with van der Waals surface area (Å²) >= 11 is 5.24. The number of anilines is 1. The predicted octanol–water partition coefficient (Wildman–Crippen LogP) is 1.57. The van der Waals surface area contributed by atoms with Crippen LogP contribution in [-0.2, 0) is 9.53 Å². The van der Waals surface area contributed by atoms with Crippen molar-refractivity contribution in [2.45, 2.75) is 0 Å². The molecule has 0 saturated carbocycles. The molecular formula is C11H9ClFNO3. The second-order valence-electron chi connectivity index (χ2n) is 3.54. The molecule has 6 heteroatoms. The molecule has 0 aliphatic carbocycles. The lowest BCUT2D eigenvalue weighted by Crippen LogP contribution is -2.42. The summed E-state index contributed by atoms with van der Waals surface area (Å²) in [6, 6.07) is 3.78. The van der Waals surface area contributed by atoms with Crippen LogP contribution in [0.3, 0.4) is 0 Å². The molecule has 1 fully saturated rings. The maximum absolute atomic E-state index is 13.7. The van der Waals surface area contributed by atoms with Gasteiger partial charge in [0.05, 0.1) is 12.3 Å². The predicted molar refractivity (Wildman–Crippen MR) is 59.8 cm³/mol. The molecule has 1 aromatic carbocycles. The van der Waals surface area contributed by atoms with Gasteiger partial charge in [-0.2, -0.15) is 0 Å². The van der Waals surface area contributed by atoms with Gasteiger partial charge in [-0.3, -0.25) is 9.59 Å². The lowest BCUT2D eigenvalue weighted by Gasteiger charge is -2.27. The first kappa shape index (κ1) is 12.0. The van der Waals surface area contributed by atoms with Crippen LogP contribution in [-0.4, -0.2) is 30.9 Å². The van der Waals surface area contributed by atoms with Crippen molar-refractivity contribution in [1.29, 1.82) is 0 Å². The van der Waals surface area contributed by atoms with Crippen LogP contribution >= 0.6 is 11.6 Å². The van der Waals surface area contributed by atoms with Gasteiger partial charge in [0, 0.05) is 12.1 Å². The number of carbonyl (C=O) groups is 2. The first-order chi connectivity index (χ1) is 8.09. The van der Waals surface area contributed by atoms with Gasteiger partial charge in [0.1, 0.15) is 12.4 Å². The highest BCUT2D eigenvalue weighted by Crippen LogP contribution is 2.22. The topological polar surface area (TPSA) is 46.6 Å². The maximum Gasteiger partial charge on any atom is 0.253 e. The molecule has 1 aliphatic heterocycles. The van der Waals surface area contributed by atoms with Crippen LogP contribution in [0.25, 0.3) is 0 Å². The largest absolute Gasteiger partial charge is 0.370 e. The maximum atomic E-state index is 13.7. The molecule has 0 atom stereocenters. The number of benzene rings is 1. The molecule has 0 spiro atoms. The number of carbonyl (C=O) groups excluding carboxylic acids is 2. The Hall–Kier alpha value is -1.46. The zero-order chi connectivity index (χ0) is 12.4. The third-order valence-electron chi connectivity index (χ3n) is 2.45. The number of ether oxygens (including phenoxy) is 1. The van der Waals surface area contributed by atoms with E-state index in [1.54, 1.807) is 0 Å². The molecule has 1 heterocycles. The average Bonchev–Trinajstić information content (AvgIpc) is 2.30. The average molecular weight is 258 g/mol. The van der Waals surface area contributed by atoms with E-state index in [1.165, 1.54) is 17.0 Å². The Morgan fingerprint density at radius 1 is 1.47 bits per heavy atom. The zero-order valence-electron chi connectivity index (χ0n) is 8.78. The summed E-state index contributed by atoms with van der Waals surface area (Å²) in [6.07, 6.45) is 0. The Morgan fingerprint density at radius 2 is 2.24 bits per heavy atom. The van der Waals surface area contributed by atoms with Crippen molar-refractivity contribution >= 4 is 28.4 Å². The minimum atomic E-state index is -0.733. The van der Waals surface area contributed by atoms with Crippen LogP contribution in [0.2, 0.25) is 0 Å². The van der Waals surface area contributed by atoms with Gasteiger partial charge in [-0.25, -0.2) is 4.39 Å². The molecule has 2 rings (SSSR count). The number of nitrogens with zero attached hydrogens (tertiary/aromatic N) is 1. The second-order valence-corrected chi connectivity index (χ2v) is 3.88. The van der Waals surface area contributed by atoms with Crippen LogP contribution in [0.5, 0.6) is 0 Å². The highest BCUT2D eigenvalue weighted by Gasteiger charge is 2.23. The van der Waals surface area contributed by atoms with Crippen molar-refractivity contribution in [2.24, 2.45) is 0 Å². The minimum Gasteiger partial charge on any atom is -0.370 e. The third kappa shape index (κ3) is 2.45. The van der Waals surface area contributed by atoms with Crippen molar-refractivity contribution in [3.8, 4) is 0 Å². The fourth-order valence-corrected chi connectivity index (χ4v) is 1.74. The van der Waals surface area contributed by atoms with Crippen LogP contribution in [0.4, 0.5) is 10.1 Å². The first-order valence-corrected chi connectivity index (χ1v) is 5.35. The van der Waals surface area contributed by atoms with Crippen LogP contribution in [0.1, 0.15) is 10.4 Å². The minimum absolute atomic E-state index is 0.0599. The van der Waals surface area contributed by atoms with E-state index in [0.29, 0.717) is 13.2 Å². The van der Waals surface area contributed by atoms with Crippen LogP contribution in [0, 0.1) is 5.82 Å². The van der Waals surface area contributed by atoms with Crippen LogP contribution < -0.4 is 4.90 Å². The van der Waals surface area contributed by atoms with Gasteiger partial charge < -0.3 is 9.64 Å². The highest BCUT2D eigenvalue weighted by molar-refractivity contribution is 6.67. The van der Waals surface area contributed by atoms with E-state index >= 15 is 0 Å². The van der Waals surface area contributed by atoms with E-state index in [0.717, 1.165) is 6.07 Å². The molecular weight excluding hydrogens is 249 g/mol. The lowest BCUT2D eigenvalue weighted by molar-refractivity contribution is -0.125.